The van der Waals surface area contributed by atoms with Gasteiger partial charge < -0.3 is 14.0 Å². The van der Waals surface area contributed by atoms with Gasteiger partial charge in [0.2, 0.25) is 0 Å². The number of halogens is 1. The first-order valence-electron chi connectivity index (χ1n) is 22.8. The molecule has 0 N–H and O–H groups in total. The van der Waals surface area contributed by atoms with Crippen molar-refractivity contribution in [1.29, 1.82) is 0 Å². The Bertz CT molecular complexity index is 2250. The van der Waals surface area contributed by atoms with Crippen LogP contribution in [0, 0.1) is 57.2 Å². The van der Waals surface area contributed by atoms with Crippen LogP contribution in [-0.4, -0.2) is 46.3 Å². The molecule has 1 aromatic heterocycles. The second-order valence-corrected chi connectivity index (χ2v) is 21.2. The van der Waals surface area contributed by atoms with Crippen LogP contribution in [0.3, 0.4) is 0 Å². The molecule has 1 heterocycles. The van der Waals surface area contributed by atoms with Gasteiger partial charge in [0.05, 0.1) is 11.0 Å². The fraction of sp³-hybridized carbons (Fsp3) is 0.627. The van der Waals surface area contributed by atoms with Gasteiger partial charge in [-0.05, 0) is 136 Å². The van der Waals surface area contributed by atoms with Crippen molar-refractivity contribution in [2.24, 2.45) is 57.2 Å². The topological polar surface area (TPSA) is 105 Å². The highest BCUT2D eigenvalue weighted by atomic mass is 35.5. The summed E-state index contributed by atoms with van der Waals surface area (Å²) in [5.41, 5.74) is 8.35. The van der Waals surface area contributed by atoms with E-state index in [9.17, 15) is 19.2 Å². The van der Waals surface area contributed by atoms with E-state index in [0.717, 1.165) is 117 Å². The second-order valence-electron chi connectivity index (χ2n) is 20.8. The average molecular weight is 836 g/mol. The number of benzene rings is 1. The molecule has 0 saturated heterocycles. The fourth-order valence-corrected chi connectivity index (χ4v) is 15.4. The second kappa shape index (κ2) is 15.2. The van der Waals surface area contributed by atoms with E-state index < -0.39 is 0 Å². The Kier molecular flexibility index (Phi) is 10.6. The summed E-state index contributed by atoms with van der Waals surface area (Å²) in [6.45, 7) is 12.6. The number of rotatable bonds is 5. The van der Waals surface area contributed by atoms with Crippen molar-refractivity contribution in [3.63, 3.8) is 0 Å². The van der Waals surface area contributed by atoms with Crippen molar-refractivity contribution >= 4 is 52.8 Å². The molecule has 8 nitrogen and oxygen atoms in total. The van der Waals surface area contributed by atoms with Crippen molar-refractivity contribution < 1.29 is 28.7 Å². The average Bonchev–Trinajstić information content (AvgIpc) is 3.86. The lowest BCUT2D eigenvalue weighted by Gasteiger charge is -2.57. The van der Waals surface area contributed by atoms with Gasteiger partial charge in [0.15, 0.2) is 0 Å². The lowest BCUT2D eigenvalue weighted by atomic mass is 9.47. The number of hydrogen-bond acceptors (Lipinski definition) is 7. The van der Waals surface area contributed by atoms with Gasteiger partial charge >= 0.3 is 11.9 Å². The molecule has 9 heteroatoms. The van der Waals surface area contributed by atoms with E-state index in [1.54, 1.807) is 0 Å². The minimum atomic E-state index is -0.172. The fourth-order valence-electron chi connectivity index (χ4n) is 15.1. The van der Waals surface area contributed by atoms with Crippen LogP contribution in [0.1, 0.15) is 131 Å². The first-order valence-corrected chi connectivity index (χ1v) is 23.2. The normalized spacial score (nSPS) is 40.2. The Morgan fingerprint density at radius 1 is 0.683 bits per heavy atom. The monoisotopic (exact) mass is 834 g/mol. The highest BCUT2D eigenvalue weighted by Crippen LogP contribution is 2.68. The van der Waals surface area contributed by atoms with E-state index in [1.165, 1.54) is 43.5 Å². The van der Waals surface area contributed by atoms with Crippen LogP contribution in [0.2, 0.25) is 0 Å². The van der Waals surface area contributed by atoms with E-state index in [0.29, 0.717) is 35.5 Å². The molecule has 10 rings (SSSR count). The number of carbonyl (C=O) groups excluding carboxylic acids is 4. The van der Waals surface area contributed by atoms with Gasteiger partial charge in [-0.1, -0.05) is 74.7 Å². The summed E-state index contributed by atoms with van der Waals surface area (Å²) in [5.74, 6) is 3.03. The smallest absolute Gasteiger partial charge is 0.302 e. The van der Waals surface area contributed by atoms with Gasteiger partial charge in [0.25, 0.3) is 0 Å². The number of nitrogens with zero attached hydrogens (tertiary/aromatic N) is 2. The molecule has 0 spiro atoms. The molecule has 4 saturated carbocycles. The molecule has 8 aliphatic carbocycles. The Morgan fingerprint density at radius 3 is 1.73 bits per heavy atom. The Morgan fingerprint density at radius 2 is 1.18 bits per heavy atom. The number of para-hydroxylation sites is 2. The summed E-state index contributed by atoms with van der Waals surface area (Å²) in [4.78, 5) is 51.4. The van der Waals surface area contributed by atoms with E-state index in [4.69, 9.17) is 21.1 Å². The molecule has 0 radical (unpaired) electrons. The molecule has 12 atom stereocenters. The van der Waals surface area contributed by atoms with Gasteiger partial charge in [0.1, 0.15) is 31.1 Å². The molecule has 0 bridgehead atoms. The summed E-state index contributed by atoms with van der Waals surface area (Å²) >= 11 is 6.65. The zero-order chi connectivity index (χ0) is 42.4. The molecule has 8 aliphatic rings. The molecule has 0 amide bonds. The maximum Gasteiger partial charge on any atom is 0.302 e. The van der Waals surface area contributed by atoms with Crippen molar-refractivity contribution in [1.82, 2.24) is 9.55 Å². The lowest BCUT2D eigenvalue weighted by molar-refractivity contribution is -0.149. The summed E-state index contributed by atoms with van der Waals surface area (Å²) in [5, 5.41) is 0.828. The molecule has 1 aromatic carbocycles. The predicted molar refractivity (Wildman–Crippen MR) is 233 cm³/mol. The van der Waals surface area contributed by atoms with Crippen molar-refractivity contribution in [3.8, 4) is 0 Å². The molecule has 2 aromatic rings. The number of fused-ring (bicyclic) bond motifs is 11. The van der Waals surface area contributed by atoms with Crippen molar-refractivity contribution in [2.45, 2.75) is 144 Å². The summed E-state index contributed by atoms with van der Waals surface area (Å²) in [6.07, 6.45) is 23.2. The number of aromatic nitrogens is 2. The molecule has 4 fully saturated rings. The van der Waals surface area contributed by atoms with Crippen molar-refractivity contribution in [3.05, 3.63) is 70.1 Å². The SMILES string of the molecule is CC(=O)O[C@H]1CC[C@@]2(C)C(=CCC3C2CC[C@]2(C)C(Cl)=C(C=O)CC32)C1.CC(=O)O[C@H]1CC[C@@]2(C)C(=CCC3C2CC[C@]2(C)C(n4cnc5ccccc54)=C(C=O)CC32)C1. The van der Waals surface area contributed by atoms with Crippen LogP contribution < -0.4 is 0 Å². The molecule has 6 unspecified atom stereocenters. The van der Waals surface area contributed by atoms with Gasteiger partial charge in [0, 0.05) is 59.4 Å². The van der Waals surface area contributed by atoms with Crippen LogP contribution in [0.4, 0.5) is 0 Å². The van der Waals surface area contributed by atoms with Crippen LogP contribution in [0.5, 0.6) is 0 Å². The van der Waals surface area contributed by atoms with Crippen molar-refractivity contribution in [2.75, 3.05) is 0 Å². The molecule has 0 aliphatic heterocycles. The first-order chi connectivity index (χ1) is 28.6. The van der Waals surface area contributed by atoms with Gasteiger partial charge in [-0.2, -0.15) is 0 Å². The van der Waals surface area contributed by atoms with Crippen LogP contribution in [0.25, 0.3) is 16.7 Å². The molecule has 320 valence electrons. The van der Waals surface area contributed by atoms with Gasteiger partial charge in [-0.25, -0.2) is 4.98 Å². The van der Waals surface area contributed by atoms with Crippen LogP contribution >= 0.6 is 11.6 Å². The highest BCUT2D eigenvalue weighted by molar-refractivity contribution is 6.32. The molecule has 60 heavy (non-hydrogen) atoms. The zero-order valence-electron chi connectivity index (χ0n) is 36.4. The van der Waals surface area contributed by atoms with Crippen LogP contribution in [-0.2, 0) is 28.7 Å². The van der Waals surface area contributed by atoms with E-state index in [1.807, 2.05) is 24.5 Å². The summed E-state index contributed by atoms with van der Waals surface area (Å²) in [6, 6.07) is 8.22. The number of imidazole rings is 1. The maximum atomic E-state index is 12.4. The van der Waals surface area contributed by atoms with Gasteiger partial charge in [-0.3, -0.25) is 19.2 Å². The molecular formula is C51H63ClN2O6. The van der Waals surface area contributed by atoms with E-state index >= 15 is 0 Å². The Hall–Kier alpha value is -3.78. The Labute approximate surface area is 360 Å². The Balaban J connectivity index is 0.000000160. The van der Waals surface area contributed by atoms with Crippen LogP contribution in [0.15, 0.2) is 70.1 Å². The third kappa shape index (κ3) is 6.46. The highest BCUT2D eigenvalue weighted by Gasteiger charge is 2.60. The first kappa shape index (κ1) is 41.6. The number of allylic oxidation sites excluding steroid dienone is 6. The summed E-state index contributed by atoms with van der Waals surface area (Å²) < 4.78 is 13.3. The lowest BCUT2D eigenvalue weighted by Crippen LogP contribution is -2.50. The van der Waals surface area contributed by atoms with Gasteiger partial charge in [-0.15, -0.1) is 0 Å². The largest absolute Gasteiger partial charge is 0.462 e. The number of ether oxygens (including phenoxy) is 2. The predicted octanol–water partition coefficient (Wildman–Crippen LogP) is 11.1. The van der Waals surface area contributed by atoms with E-state index in [2.05, 4.69) is 55.5 Å². The minimum absolute atomic E-state index is 0.0182. The number of aldehydes is 2. The minimum Gasteiger partial charge on any atom is -0.462 e. The third-order valence-electron chi connectivity index (χ3n) is 18.0. The van der Waals surface area contributed by atoms with E-state index in [-0.39, 0.29) is 45.8 Å². The number of hydrogen-bond donors (Lipinski definition) is 0. The maximum absolute atomic E-state index is 12.4. The third-order valence-corrected chi connectivity index (χ3v) is 18.7. The number of carbonyl (C=O) groups is 4. The molecular weight excluding hydrogens is 772 g/mol. The number of esters is 2. The summed E-state index contributed by atoms with van der Waals surface area (Å²) in [7, 11) is 0. The standard InChI is InChI=1S/C29H34N2O3.C22H29ClO3/c1-18(33)34-21-10-12-28(2)20(15-21)8-9-22-23(28)11-13-29(3)24(22)14-19(16-32)27(29)31-17-30-25-6-4-5-7-26(25)31;1-13(25)26-16-6-8-21(2)15(11-16)4-5-17-18(21)7-9-22(3)19(17)10-14(12-24)20(22)23/h4-8,16-17,21-24H,9-15H2,1-3H3;4,12,16-19H,5-11H2,1-3H3/t21-,22?,23?,24?,28-,29-;16-,17?,18?,19?,21-,22-/m00/s1. The quantitative estimate of drug-likeness (QED) is 0.168. The zero-order valence-corrected chi connectivity index (χ0v) is 37.2.